The molecule has 2 aromatic rings. The van der Waals surface area contributed by atoms with Crippen LogP contribution >= 0.6 is 0 Å². The summed E-state index contributed by atoms with van der Waals surface area (Å²) in [5.41, 5.74) is 3.88. The molecular weight excluding hydrogens is 347 g/mol. The van der Waals surface area contributed by atoms with Gasteiger partial charge in [-0.1, -0.05) is 36.4 Å². The van der Waals surface area contributed by atoms with E-state index < -0.39 is 5.91 Å². The molecule has 0 unspecified atom stereocenters. The van der Waals surface area contributed by atoms with Gasteiger partial charge in [0.25, 0.3) is 5.91 Å². The van der Waals surface area contributed by atoms with Crippen molar-refractivity contribution >= 4 is 29.5 Å². The Labute approximate surface area is 156 Å². The van der Waals surface area contributed by atoms with Gasteiger partial charge in [-0.2, -0.15) is 0 Å². The molecular formula is C21H18FN2O3-. The molecule has 1 aliphatic carbocycles. The lowest BCUT2D eigenvalue weighted by Crippen LogP contribution is -2.26. The predicted molar refractivity (Wildman–Crippen MR) is 102 cm³/mol. The monoisotopic (exact) mass is 365 g/mol. The smallest absolute Gasteiger partial charge is 0.252 e. The van der Waals surface area contributed by atoms with E-state index in [-0.39, 0.29) is 17.8 Å². The average Bonchev–Trinajstić information content (AvgIpc) is 3.50. The maximum atomic E-state index is 13.2. The number of nitrogens with one attached hydrogen (secondary N) is 2. The summed E-state index contributed by atoms with van der Waals surface area (Å²) < 4.78 is 13.2. The molecule has 0 spiro atoms. The highest BCUT2D eigenvalue weighted by molar-refractivity contribution is 6.24. The molecule has 2 N–H and O–H groups in total. The predicted octanol–water partition coefficient (Wildman–Crippen LogP) is 3.27. The van der Waals surface area contributed by atoms with E-state index in [1.54, 1.807) is 42.5 Å². The van der Waals surface area contributed by atoms with E-state index in [0.29, 0.717) is 11.1 Å². The highest BCUT2D eigenvalue weighted by Gasteiger charge is 2.25. The highest BCUT2D eigenvalue weighted by atomic mass is 19.1. The van der Waals surface area contributed by atoms with E-state index in [1.807, 2.05) is 0 Å². The van der Waals surface area contributed by atoms with Crippen molar-refractivity contribution in [2.24, 2.45) is 0 Å². The van der Waals surface area contributed by atoms with E-state index >= 15 is 0 Å². The Morgan fingerprint density at radius 3 is 2.22 bits per heavy atom. The van der Waals surface area contributed by atoms with Crippen molar-refractivity contribution in [1.29, 1.82) is 0 Å². The largest absolute Gasteiger partial charge is 0.759 e. The van der Waals surface area contributed by atoms with Gasteiger partial charge in [0.15, 0.2) is 0 Å². The third kappa shape index (κ3) is 5.36. The first-order valence-electron chi connectivity index (χ1n) is 8.54. The SMILES string of the molecule is O=C(/C=C/c1ccc(/C=C(/C(=O)NC2CC2)c2ccc(F)cc2)cc1)N[O-]. The van der Waals surface area contributed by atoms with Crippen molar-refractivity contribution in [1.82, 2.24) is 10.8 Å². The Morgan fingerprint density at radius 2 is 1.63 bits per heavy atom. The minimum Gasteiger partial charge on any atom is -0.759 e. The van der Waals surface area contributed by atoms with Crippen LogP contribution in [0.2, 0.25) is 0 Å². The van der Waals surface area contributed by atoms with Crippen molar-refractivity contribution in [2.75, 3.05) is 0 Å². The van der Waals surface area contributed by atoms with E-state index in [0.717, 1.165) is 30.0 Å². The van der Waals surface area contributed by atoms with Gasteiger partial charge in [0.2, 0.25) is 5.91 Å². The first-order chi connectivity index (χ1) is 13.0. The lowest BCUT2D eigenvalue weighted by Gasteiger charge is -2.09. The molecule has 6 heteroatoms. The molecule has 1 saturated carbocycles. The minimum absolute atomic E-state index is 0.194. The van der Waals surface area contributed by atoms with Crippen LogP contribution in [0, 0.1) is 11.0 Å². The Balaban J connectivity index is 1.85. The van der Waals surface area contributed by atoms with Crippen LogP contribution in [0.1, 0.15) is 29.5 Å². The summed E-state index contributed by atoms with van der Waals surface area (Å²) in [5.74, 6) is -1.28. The first-order valence-corrected chi connectivity index (χ1v) is 8.54. The van der Waals surface area contributed by atoms with Crippen LogP contribution in [-0.2, 0) is 9.59 Å². The topological polar surface area (TPSA) is 81.3 Å². The number of halogens is 1. The van der Waals surface area contributed by atoms with Crippen molar-refractivity contribution in [3.63, 3.8) is 0 Å². The van der Waals surface area contributed by atoms with Crippen molar-refractivity contribution in [2.45, 2.75) is 18.9 Å². The summed E-state index contributed by atoms with van der Waals surface area (Å²) >= 11 is 0. The normalized spacial score (nSPS) is 14.2. The van der Waals surface area contributed by atoms with Crippen LogP contribution in [-0.4, -0.2) is 17.9 Å². The molecule has 0 aliphatic heterocycles. The summed E-state index contributed by atoms with van der Waals surface area (Å²) in [4.78, 5) is 23.6. The van der Waals surface area contributed by atoms with Crippen molar-refractivity contribution in [3.05, 3.63) is 82.3 Å². The molecule has 1 aliphatic rings. The molecule has 0 saturated heterocycles. The first kappa shape index (κ1) is 18.5. The summed E-state index contributed by atoms with van der Waals surface area (Å²) in [6.45, 7) is 0. The zero-order valence-electron chi connectivity index (χ0n) is 14.4. The summed E-state index contributed by atoms with van der Waals surface area (Å²) in [6.07, 6.45) is 6.34. The second kappa shape index (κ2) is 8.42. The van der Waals surface area contributed by atoms with Gasteiger partial charge in [0, 0.05) is 17.7 Å². The fraction of sp³-hybridized carbons (Fsp3) is 0.143. The number of hydrogen-bond donors (Lipinski definition) is 2. The third-order valence-corrected chi connectivity index (χ3v) is 4.09. The standard InChI is InChI=1S/C21H18FN2O3/c22-17-8-6-16(7-9-17)19(21(26)23-18-10-11-18)13-15-3-1-14(2-4-15)5-12-20(25)24-27/h1-9,12-13,18H,10-11H2,(H2-,23,24,25,26,27)/q-1. The number of benzene rings is 2. The maximum Gasteiger partial charge on any atom is 0.252 e. The van der Waals surface area contributed by atoms with Crippen molar-refractivity contribution in [3.8, 4) is 0 Å². The van der Waals surface area contributed by atoms with Crippen LogP contribution in [0.4, 0.5) is 4.39 Å². The van der Waals surface area contributed by atoms with E-state index in [9.17, 15) is 19.2 Å². The van der Waals surface area contributed by atoms with E-state index in [4.69, 9.17) is 0 Å². The van der Waals surface area contributed by atoms with Gasteiger partial charge in [0.1, 0.15) is 5.82 Å². The zero-order chi connectivity index (χ0) is 19.2. The van der Waals surface area contributed by atoms with Crippen LogP contribution in [0.3, 0.4) is 0 Å². The number of hydroxylamine groups is 1. The molecule has 2 amide bonds. The molecule has 2 aromatic carbocycles. The average molecular weight is 365 g/mol. The van der Waals surface area contributed by atoms with Gasteiger partial charge >= 0.3 is 0 Å². The molecule has 5 nitrogen and oxygen atoms in total. The highest BCUT2D eigenvalue weighted by Crippen LogP contribution is 2.24. The second-order valence-corrected chi connectivity index (χ2v) is 6.28. The summed E-state index contributed by atoms with van der Waals surface area (Å²) in [7, 11) is 0. The molecule has 0 aromatic heterocycles. The van der Waals surface area contributed by atoms with Gasteiger partial charge in [0.05, 0.1) is 0 Å². The second-order valence-electron chi connectivity index (χ2n) is 6.28. The fourth-order valence-electron chi connectivity index (χ4n) is 2.48. The molecule has 3 rings (SSSR count). The van der Waals surface area contributed by atoms with Crippen molar-refractivity contribution < 1.29 is 14.0 Å². The zero-order valence-corrected chi connectivity index (χ0v) is 14.4. The molecule has 1 fully saturated rings. The molecule has 0 radical (unpaired) electrons. The van der Waals surface area contributed by atoms with E-state index in [1.165, 1.54) is 23.7 Å². The van der Waals surface area contributed by atoms with Crippen LogP contribution in [0.5, 0.6) is 0 Å². The fourth-order valence-corrected chi connectivity index (χ4v) is 2.48. The lowest BCUT2D eigenvalue weighted by atomic mass is 10.0. The Hall–Kier alpha value is -3.25. The molecule has 27 heavy (non-hydrogen) atoms. The summed E-state index contributed by atoms with van der Waals surface area (Å²) in [5, 5.41) is 13.2. The van der Waals surface area contributed by atoms with Gasteiger partial charge in [-0.25, -0.2) is 4.39 Å². The van der Waals surface area contributed by atoms with Gasteiger partial charge in [-0.3, -0.25) is 9.59 Å². The van der Waals surface area contributed by atoms with E-state index in [2.05, 4.69) is 5.32 Å². The maximum absolute atomic E-state index is 13.2. The minimum atomic E-state index is -0.727. The van der Waals surface area contributed by atoms with Gasteiger partial charge in [-0.15, -0.1) is 0 Å². The molecule has 0 bridgehead atoms. The molecule has 0 heterocycles. The summed E-state index contributed by atoms with van der Waals surface area (Å²) in [6, 6.07) is 13.1. The number of carbonyl (C=O) groups is 2. The number of rotatable bonds is 6. The number of hydrogen-bond acceptors (Lipinski definition) is 3. The Bertz CT molecular complexity index is 883. The number of amides is 2. The number of carbonyl (C=O) groups excluding carboxylic acids is 2. The Morgan fingerprint density at radius 1 is 1.00 bits per heavy atom. The quantitative estimate of drug-likeness (QED) is 0.468. The Kier molecular flexibility index (Phi) is 5.78. The van der Waals surface area contributed by atoms with Crippen LogP contribution < -0.4 is 10.8 Å². The van der Waals surface area contributed by atoms with Gasteiger partial charge < -0.3 is 16.0 Å². The van der Waals surface area contributed by atoms with Gasteiger partial charge in [-0.05, 0) is 53.8 Å². The van der Waals surface area contributed by atoms with Crippen LogP contribution in [0.15, 0.2) is 54.6 Å². The lowest BCUT2D eigenvalue weighted by molar-refractivity contribution is -0.116. The van der Waals surface area contributed by atoms with Crippen LogP contribution in [0.25, 0.3) is 17.7 Å². The molecule has 0 atom stereocenters. The third-order valence-electron chi connectivity index (χ3n) is 4.09. The molecule has 138 valence electrons.